The Morgan fingerprint density at radius 2 is 2.00 bits per heavy atom. The Kier molecular flexibility index (Phi) is 5.82. The Balaban J connectivity index is 2.32. The fraction of sp³-hybridized carbons (Fsp3) is 0.583. The zero-order valence-electron chi connectivity index (χ0n) is 10.9. The summed E-state index contributed by atoms with van der Waals surface area (Å²) in [5, 5.41) is 0. The molecule has 0 aliphatic carbocycles. The van der Waals surface area contributed by atoms with Crippen LogP contribution in [-0.4, -0.2) is 41.2 Å². The van der Waals surface area contributed by atoms with Crippen LogP contribution in [0.5, 0.6) is 0 Å². The molecule has 0 aromatic rings. The van der Waals surface area contributed by atoms with Gasteiger partial charge in [-0.15, -0.1) is 0 Å². The van der Waals surface area contributed by atoms with Gasteiger partial charge in [-0.05, 0) is 12.8 Å². The Morgan fingerprint density at radius 1 is 1.32 bits per heavy atom. The third-order valence-electron chi connectivity index (χ3n) is 3.03. The van der Waals surface area contributed by atoms with Gasteiger partial charge in [-0.3, -0.25) is 19.3 Å². The number of hydrogen-bond acceptors (Lipinski definition) is 4. The van der Waals surface area contributed by atoms with Crippen LogP contribution in [0.2, 0.25) is 0 Å². The molecule has 1 aliphatic rings. The van der Waals surface area contributed by atoms with E-state index in [0.717, 1.165) is 12.8 Å². The summed E-state index contributed by atoms with van der Waals surface area (Å²) >= 11 is 4.90. The maximum absolute atomic E-state index is 11.7. The van der Waals surface area contributed by atoms with E-state index in [4.69, 9.17) is 11.9 Å². The van der Waals surface area contributed by atoms with Crippen LogP contribution in [0.4, 0.5) is 0 Å². The Hall–Kier alpha value is -1.56. The van der Waals surface area contributed by atoms with Gasteiger partial charge in [0.2, 0.25) is 11.8 Å². The van der Waals surface area contributed by atoms with E-state index in [1.807, 2.05) is 0 Å². The van der Waals surface area contributed by atoms with Gasteiger partial charge < -0.3 is 9.19 Å². The Bertz CT molecular complexity index is 397. The number of amides is 2. The topological polar surface area (TPSA) is 66.9 Å². The summed E-state index contributed by atoms with van der Waals surface area (Å²) in [7, 11) is 1.60. The highest BCUT2D eigenvalue weighted by Crippen LogP contribution is 2.18. The van der Waals surface area contributed by atoms with Gasteiger partial charge in [0, 0.05) is 20.0 Å². The van der Waals surface area contributed by atoms with Crippen molar-refractivity contribution in [2.45, 2.75) is 32.1 Å². The van der Waals surface area contributed by atoms with Crippen LogP contribution in [0.25, 0.3) is 0 Å². The molecule has 1 aliphatic heterocycles. The summed E-state index contributed by atoms with van der Waals surface area (Å²) in [6.07, 6.45) is 2.28. The Labute approximate surface area is 117 Å². The molecule has 1 heterocycles. The van der Waals surface area contributed by atoms with Gasteiger partial charge in [0.25, 0.3) is 0 Å². The minimum Gasteiger partial charge on any atom is -0.348 e. The number of carbonyl (C=O) groups excluding carboxylic acids is 3. The first-order valence-corrected chi connectivity index (χ1v) is 6.35. The van der Waals surface area contributed by atoms with E-state index in [9.17, 15) is 14.4 Å². The van der Waals surface area contributed by atoms with Crippen molar-refractivity contribution in [3.05, 3.63) is 12.4 Å². The van der Waals surface area contributed by atoms with E-state index in [-0.39, 0.29) is 24.7 Å². The second kappa shape index (κ2) is 7.13. The molecular formula is C12H17ClN2O4. The number of nitrogens with zero attached hydrogens (tertiary/aromatic N) is 2. The van der Waals surface area contributed by atoms with Crippen LogP contribution >= 0.6 is 11.9 Å². The first-order valence-electron chi connectivity index (χ1n) is 6.04. The molecule has 2 amide bonds. The van der Waals surface area contributed by atoms with E-state index >= 15 is 0 Å². The second-order valence-corrected chi connectivity index (χ2v) is 4.51. The first-order chi connectivity index (χ1) is 8.97. The number of rotatable bonds is 6. The maximum atomic E-state index is 11.7. The molecule has 0 unspecified atom stereocenters. The molecule has 1 rings (SSSR count). The molecule has 0 aromatic heterocycles. The van der Waals surface area contributed by atoms with Gasteiger partial charge >= 0.3 is 5.97 Å². The molecule has 0 spiro atoms. The summed E-state index contributed by atoms with van der Waals surface area (Å²) in [4.78, 5) is 36.8. The fourth-order valence-corrected chi connectivity index (χ4v) is 1.90. The molecule has 0 bridgehead atoms. The minimum atomic E-state index is -0.453. The monoisotopic (exact) mass is 288 g/mol. The molecule has 0 radical (unpaired) electrons. The molecule has 0 saturated carbocycles. The van der Waals surface area contributed by atoms with Crippen molar-refractivity contribution in [3.8, 4) is 0 Å². The summed E-state index contributed by atoms with van der Waals surface area (Å²) in [5.41, 5.74) is 0. The number of unbranched alkanes of at least 4 members (excludes halogenated alkanes) is 2. The van der Waals surface area contributed by atoms with Crippen LogP contribution in [0, 0.1) is 0 Å². The largest absolute Gasteiger partial charge is 0.348 e. The minimum absolute atomic E-state index is 0.117. The summed E-state index contributed by atoms with van der Waals surface area (Å²) in [6.45, 7) is 4.23. The van der Waals surface area contributed by atoms with Crippen LogP contribution in [0.1, 0.15) is 32.1 Å². The van der Waals surface area contributed by atoms with E-state index in [1.54, 1.807) is 7.05 Å². The van der Waals surface area contributed by atoms with E-state index in [2.05, 4.69) is 10.9 Å². The third kappa shape index (κ3) is 4.24. The standard InChI is InChI=1S/C12H17ClN2O4/c1-9-14(2)10(16)8-11(17)15(9)7-5-3-4-6-12(18)19-13/h1,3-8H2,2H3. The lowest BCUT2D eigenvalue weighted by molar-refractivity contribution is -0.145. The molecule has 19 heavy (non-hydrogen) atoms. The first kappa shape index (κ1) is 15.5. The van der Waals surface area contributed by atoms with E-state index in [0.29, 0.717) is 18.8 Å². The predicted octanol–water partition coefficient (Wildman–Crippen LogP) is 1.41. The van der Waals surface area contributed by atoms with Gasteiger partial charge in [0.05, 0.1) is 0 Å². The van der Waals surface area contributed by atoms with Crippen LogP contribution in [0.3, 0.4) is 0 Å². The van der Waals surface area contributed by atoms with Crippen molar-refractivity contribution < 1.29 is 18.7 Å². The molecule has 0 N–H and O–H groups in total. The van der Waals surface area contributed by atoms with Gasteiger partial charge in [0.15, 0.2) is 0 Å². The lowest BCUT2D eigenvalue weighted by Gasteiger charge is -2.34. The van der Waals surface area contributed by atoms with E-state index < -0.39 is 5.97 Å². The second-order valence-electron chi connectivity index (χ2n) is 4.35. The van der Waals surface area contributed by atoms with Gasteiger partial charge in [-0.2, -0.15) is 0 Å². The summed E-state index contributed by atoms with van der Waals surface area (Å²) in [5.74, 6) is -0.517. The fourth-order valence-electron chi connectivity index (χ4n) is 1.82. The van der Waals surface area contributed by atoms with Crippen LogP contribution in [0.15, 0.2) is 12.4 Å². The van der Waals surface area contributed by atoms with E-state index in [1.165, 1.54) is 9.80 Å². The van der Waals surface area contributed by atoms with Crippen LogP contribution < -0.4 is 0 Å². The normalized spacial score (nSPS) is 16.0. The zero-order chi connectivity index (χ0) is 14.4. The maximum Gasteiger partial charge on any atom is 0.324 e. The van der Waals surface area contributed by atoms with Crippen molar-refractivity contribution in [1.29, 1.82) is 0 Å². The highest BCUT2D eigenvalue weighted by atomic mass is 35.5. The molecule has 106 valence electrons. The highest BCUT2D eigenvalue weighted by molar-refractivity contribution is 6.13. The molecule has 0 aromatic carbocycles. The molecule has 0 atom stereocenters. The van der Waals surface area contributed by atoms with Gasteiger partial charge in [-0.1, -0.05) is 13.0 Å². The van der Waals surface area contributed by atoms with Crippen molar-refractivity contribution in [1.82, 2.24) is 9.80 Å². The number of halogens is 1. The van der Waals surface area contributed by atoms with Gasteiger partial charge in [0.1, 0.15) is 24.1 Å². The smallest absolute Gasteiger partial charge is 0.324 e. The Morgan fingerprint density at radius 3 is 2.63 bits per heavy atom. The SMILES string of the molecule is C=C1N(C)C(=O)CC(=O)N1CCCCCC(=O)OCl. The summed E-state index contributed by atoms with van der Waals surface area (Å²) < 4.78 is 4.02. The molecule has 1 fully saturated rings. The van der Waals surface area contributed by atoms with Crippen LogP contribution in [-0.2, 0) is 18.7 Å². The lowest BCUT2D eigenvalue weighted by atomic mass is 10.1. The van der Waals surface area contributed by atoms with Crippen molar-refractivity contribution in [2.75, 3.05) is 13.6 Å². The third-order valence-corrected chi connectivity index (χ3v) is 3.20. The molecule has 7 heteroatoms. The number of carbonyl (C=O) groups is 3. The molecule has 6 nitrogen and oxygen atoms in total. The average molecular weight is 289 g/mol. The van der Waals surface area contributed by atoms with Crippen molar-refractivity contribution in [3.63, 3.8) is 0 Å². The lowest BCUT2D eigenvalue weighted by Crippen LogP contribution is -2.47. The predicted molar refractivity (Wildman–Crippen MR) is 68.7 cm³/mol. The number of hydrogen-bond donors (Lipinski definition) is 0. The van der Waals surface area contributed by atoms with Crippen molar-refractivity contribution >= 4 is 29.6 Å². The molecule has 1 saturated heterocycles. The van der Waals surface area contributed by atoms with Gasteiger partial charge in [-0.25, -0.2) is 0 Å². The quantitative estimate of drug-likeness (QED) is 0.547. The van der Waals surface area contributed by atoms with Crippen molar-refractivity contribution in [2.24, 2.45) is 0 Å². The zero-order valence-corrected chi connectivity index (χ0v) is 11.6. The molecular weight excluding hydrogens is 272 g/mol. The average Bonchev–Trinajstić information content (AvgIpc) is 2.39. The summed E-state index contributed by atoms with van der Waals surface area (Å²) in [6, 6.07) is 0. The highest BCUT2D eigenvalue weighted by Gasteiger charge is 2.30.